The van der Waals surface area contributed by atoms with Gasteiger partial charge >= 0.3 is 5.97 Å². The summed E-state index contributed by atoms with van der Waals surface area (Å²) in [6.07, 6.45) is 15.9. The summed E-state index contributed by atoms with van der Waals surface area (Å²) >= 11 is 0. The summed E-state index contributed by atoms with van der Waals surface area (Å²) in [6.45, 7) is 31.9. The van der Waals surface area contributed by atoms with Crippen molar-refractivity contribution < 1.29 is 18.4 Å². The fourth-order valence-electron chi connectivity index (χ4n) is 3.61. The molecule has 4 nitrogen and oxygen atoms in total. The Morgan fingerprint density at radius 1 is 0.791 bits per heavy atom. The van der Waals surface area contributed by atoms with E-state index >= 15 is 0 Å². The molecule has 244 valence electrons. The number of esters is 1. The first-order valence-corrected chi connectivity index (χ1v) is 25.4. The number of hydrogen-bond donors (Lipinski definition) is 0. The number of allylic oxidation sites excluding steroid dienone is 4. The van der Waals surface area contributed by atoms with Crippen LogP contribution in [-0.2, 0) is 18.4 Å². The van der Waals surface area contributed by atoms with Crippen LogP contribution >= 0.6 is 0 Å². The van der Waals surface area contributed by atoms with E-state index < -0.39 is 24.7 Å². The van der Waals surface area contributed by atoms with Gasteiger partial charge in [-0.1, -0.05) is 110 Å². The molecule has 0 saturated carbocycles. The van der Waals surface area contributed by atoms with Crippen LogP contribution in [0, 0.1) is 23.7 Å². The first-order chi connectivity index (χ1) is 19.6. The van der Waals surface area contributed by atoms with Crippen molar-refractivity contribution >= 4 is 30.7 Å². The molecule has 0 amide bonds. The summed E-state index contributed by atoms with van der Waals surface area (Å²) in [7, 11) is -3.83. The predicted octanol–water partition coefficient (Wildman–Crippen LogP) is 10.3. The Kier molecular flexibility index (Phi) is 17.7. The van der Waals surface area contributed by atoms with Gasteiger partial charge in [0.05, 0.1) is 27.4 Å². The molecular formula is C36H64O4Si3. The summed E-state index contributed by atoms with van der Waals surface area (Å²) in [5.74, 6) is 13.1. The highest BCUT2D eigenvalue weighted by Gasteiger charge is 2.39. The predicted molar refractivity (Wildman–Crippen MR) is 195 cm³/mol. The van der Waals surface area contributed by atoms with Gasteiger partial charge in [0.25, 0.3) is 0 Å². The molecule has 0 fully saturated rings. The van der Waals surface area contributed by atoms with Gasteiger partial charge in [0.15, 0.2) is 16.6 Å². The van der Waals surface area contributed by atoms with Gasteiger partial charge in [0.2, 0.25) is 0 Å². The molecule has 0 unspecified atom stereocenters. The standard InChI is InChI=1S/C36H64O4Si3/c1-16-31(39-42(12,13)35(2,3)4)25-21-19-22-27-32(40-43(14,15)36(5,6)7)26-20-17-18-23-28-33(41(9,10)11)29-24-30-34(37)38-8/h17-18,20-21,25-26,31-33H,16,24,27,29-30H2,1-15H3/b18-17+,25-21+,26-20+/t31-,32+,33-/m1/s1. The monoisotopic (exact) mass is 644 g/mol. The molecule has 0 spiro atoms. The van der Waals surface area contributed by atoms with Crippen LogP contribution in [-0.4, -0.2) is 50.0 Å². The summed E-state index contributed by atoms with van der Waals surface area (Å²) in [5, 5.41) is 0.297. The molecule has 0 aliphatic heterocycles. The van der Waals surface area contributed by atoms with Gasteiger partial charge in [-0.2, -0.15) is 0 Å². The zero-order valence-corrected chi connectivity index (χ0v) is 33.4. The molecule has 3 atom stereocenters. The number of ether oxygens (including phenoxy) is 1. The van der Waals surface area contributed by atoms with Crippen molar-refractivity contribution in [2.45, 2.75) is 154 Å². The molecule has 43 heavy (non-hydrogen) atoms. The van der Waals surface area contributed by atoms with Gasteiger partial charge < -0.3 is 13.6 Å². The van der Waals surface area contributed by atoms with E-state index in [-0.39, 0.29) is 28.3 Å². The summed E-state index contributed by atoms with van der Waals surface area (Å²) < 4.78 is 18.1. The molecule has 0 aromatic heterocycles. The third-order valence-corrected chi connectivity index (χ3v) is 20.3. The maximum atomic E-state index is 11.5. The number of methoxy groups -OCH3 is 1. The lowest BCUT2D eigenvalue weighted by molar-refractivity contribution is -0.140. The fraction of sp³-hybridized carbons (Fsp3) is 0.694. The van der Waals surface area contributed by atoms with Crippen LogP contribution in [0.1, 0.15) is 80.6 Å². The van der Waals surface area contributed by atoms with Crippen molar-refractivity contribution in [3.63, 3.8) is 0 Å². The fourth-order valence-corrected chi connectivity index (χ4v) is 7.82. The van der Waals surface area contributed by atoms with Gasteiger partial charge in [-0.15, -0.1) is 0 Å². The van der Waals surface area contributed by atoms with Crippen molar-refractivity contribution in [2.75, 3.05) is 7.11 Å². The minimum atomic E-state index is -1.97. The zero-order valence-electron chi connectivity index (χ0n) is 30.4. The molecule has 0 aromatic rings. The van der Waals surface area contributed by atoms with E-state index in [1.807, 2.05) is 24.3 Å². The van der Waals surface area contributed by atoms with Crippen LogP contribution < -0.4 is 0 Å². The number of carbonyl (C=O) groups is 1. The van der Waals surface area contributed by atoms with Crippen molar-refractivity contribution in [3.8, 4) is 23.7 Å². The second-order valence-electron chi connectivity index (χ2n) is 15.5. The number of carbonyl (C=O) groups excluding carboxylic acids is 1. The van der Waals surface area contributed by atoms with Gasteiger partial charge in [0, 0.05) is 18.4 Å². The normalized spacial score (nSPS) is 15.6. The third kappa shape index (κ3) is 16.9. The van der Waals surface area contributed by atoms with Crippen LogP contribution in [0.2, 0.25) is 61.4 Å². The Bertz CT molecular complexity index is 1060. The Labute approximate surface area is 269 Å². The maximum absolute atomic E-state index is 11.5. The zero-order chi connectivity index (χ0) is 33.5. The van der Waals surface area contributed by atoms with E-state index in [4.69, 9.17) is 13.6 Å². The summed E-state index contributed by atoms with van der Waals surface area (Å²) in [6, 6.07) is 0. The van der Waals surface area contributed by atoms with Gasteiger partial charge in [-0.25, -0.2) is 0 Å². The van der Waals surface area contributed by atoms with Crippen molar-refractivity contribution in [3.05, 3.63) is 36.5 Å². The highest BCUT2D eigenvalue weighted by molar-refractivity contribution is 6.78. The van der Waals surface area contributed by atoms with E-state index in [0.717, 1.165) is 19.3 Å². The second-order valence-corrected chi connectivity index (χ2v) is 30.5. The topological polar surface area (TPSA) is 44.8 Å². The first kappa shape index (κ1) is 41.4. The van der Waals surface area contributed by atoms with Crippen LogP contribution in [0.3, 0.4) is 0 Å². The number of rotatable bonds is 14. The Balaban J connectivity index is 5.59. The van der Waals surface area contributed by atoms with E-state index in [9.17, 15) is 4.79 Å². The highest BCUT2D eigenvalue weighted by atomic mass is 28.4. The van der Waals surface area contributed by atoms with Gasteiger partial charge in [-0.3, -0.25) is 4.79 Å². The molecule has 0 saturated heterocycles. The summed E-state index contributed by atoms with van der Waals surface area (Å²) in [4.78, 5) is 11.5. The smallest absolute Gasteiger partial charge is 0.305 e. The molecule has 0 bridgehead atoms. The average molecular weight is 645 g/mol. The molecule has 0 aromatic carbocycles. The largest absolute Gasteiger partial charge is 0.469 e. The lowest BCUT2D eigenvalue weighted by Crippen LogP contribution is -2.43. The molecule has 0 aliphatic rings. The molecule has 0 aliphatic carbocycles. The van der Waals surface area contributed by atoms with Crippen molar-refractivity contribution in [2.24, 2.45) is 0 Å². The van der Waals surface area contributed by atoms with Crippen LogP contribution in [0.4, 0.5) is 0 Å². The molecular weight excluding hydrogens is 581 g/mol. The molecule has 0 radical (unpaired) electrons. The first-order valence-electron chi connectivity index (χ1n) is 16.0. The highest BCUT2D eigenvalue weighted by Crippen LogP contribution is 2.38. The Morgan fingerprint density at radius 3 is 1.84 bits per heavy atom. The van der Waals surface area contributed by atoms with Crippen LogP contribution in [0.5, 0.6) is 0 Å². The number of hydrogen-bond acceptors (Lipinski definition) is 4. The second kappa shape index (κ2) is 18.4. The minimum absolute atomic E-state index is 0.0853. The van der Waals surface area contributed by atoms with E-state index in [2.05, 4.69) is 130 Å². The molecule has 0 rings (SSSR count). The van der Waals surface area contributed by atoms with Crippen molar-refractivity contribution in [1.82, 2.24) is 0 Å². The van der Waals surface area contributed by atoms with E-state index in [1.54, 1.807) is 0 Å². The Hall–Kier alpha value is -1.62. The van der Waals surface area contributed by atoms with Gasteiger partial charge in [0.1, 0.15) is 0 Å². The van der Waals surface area contributed by atoms with Crippen LogP contribution in [0.25, 0.3) is 0 Å². The molecule has 0 heterocycles. The SMILES string of the molecule is CC[C@H](/C=C/C#CC[C@H](/C=C/C=C/C#C[C@H](CCCC(=O)OC)[Si](C)(C)C)O[Si](C)(C)C(C)(C)C)O[Si](C)(C)C(C)(C)C. The lowest BCUT2D eigenvalue weighted by atomic mass is 10.2. The average Bonchev–Trinajstić information content (AvgIpc) is 2.85. The van der Waals surface area contributed by atoms with Gasteiger partial charge in [-0.05, 0) is 73.8 Å². The van der Waals surface area contributed by atoms with E-state index in [1.165, 1.54) is 7.11 Å². The van der Waals surface area contributed by atoms with E-state index in [0.29, 0.717) is 18.4 Å². The molecule has 7 heteroatoms. The van der Waals surface area contributed by atoms with Crippen LogP contribution in [0.15, 0.2) is 36.5 Å². The maximum Gasteiger partial charge on any atom is 0.305 e. The minimum Gasteiger partial charge on any atom is -0.469 e. The lowest BCUT2D eigenvalue weighted by Gasteiger charge is -2.38. The quantitative estimate of drug-likeness (QED) is 0.0817. The third-order valence-electron chi connectivity index (χ3n) is 8.73. The Morgan fingerprint density at radius 2 is 1.35 bits per heavy atom. The summed E-state index contributed by atoms with van der Waals surface area (Å²) in [5.41, 5.74) is 0.336. The van der Waals surface area contributed by atoms with Crippen molar-refractivity contribution in [1.29, 1.82) is 0 Å². The molecule has 0 N–H and O–H groups in total.